The summed E-state index contributed by atoms with van der Waals surface area (Å²) < 4.78 is 2.93. The van der Waals surface area contributed by atoms with Crippen molar-refractivity contribution in [1.29, 1.82) is 0 Å². The summed E-state index contributed by atoms with van der Waals surface area (Å²) in [6.07, 6.45) is 3.96. The first-order valence-electron chi connectivity index (χ1n) is 6.09. The third-order valence-corrected chi connectivity index (χ3v) is 3.63. The summed E-state index contributed by atoms with van der Waals surface area (Å²) in [5.41, 5.74) is 2.18. The lowest BCUT2D eigenvalue weighted by atomic mass is 10.1. The SMILES string of the molecule is CC(C)(C)n1cc(CNc2ccc(Cl)cc2Br)cn1. The molecule has 0 amide bonds. The van der Waals surface area contributed by atoms with E-state index in [1.165, 1.54) is 0 Å². The zero-order valence-electron chi connectivity index (χ0n) is 11.2. The van der Waals surface area contributed by atoms with Gasteiger partial charge in [0.2, 0.25) is 0 Å². The lowest BCUT2D eigenvalue weighted by Gasteiger charge is -2.18. The molecule has 3 nitrogen and oxygen atoms in total. The average Bonchev–Trinajstić information content (AvgIpc) is 2.76. The van der Waals surface area contributed by atoms with Crippen molar-refractivity contribution in [2.24, 2.45) is 0 Å². The summed E-state index contributed by atoms with van der Waals surface area (Å²) in [5, 5.41) is 8.46. The molecule has 0 aliphatic heterocycles. The van der Waals surface area contributed by atoms with Crippen LogP contribution in [0, 0.1) is 0 Å². The predicted molar refractivity (Wildman–Crippen MR) is 83.7 cm³/mol. The monoisotopic (exact) mass is 341 g/mol. The van der Waals surface area contributed by atoms with Crippen LogP contribution in [0.2, 0.25) is 5.02 Å². The van der Waals surface area contributed by atoms with E-state index in [1.807, 2.05) is 29.1 Å². The Morgan fingerprint density at radius 1 is 1.37 bits per heavy atom. The van der Waals surface area contributed by atoms with E-state index in [-0.39, 0.29) is 5.54 Å². The highest BCUT2D eigenvalue weighted by Crippen LogP contribution is 2.26. The summed E-state index contributed by atoms with van der Waals surface area (Å²) >= 11 is 9.41. The second-order valence-corrected chi connectivity index (χ2v) is 6.73. The standard InChI is InChI=1S/C14H17BrClN3/c1-14(2,3)19-9-10(8-18-19)7-17-13-5-4-11(16)6-12(13)15/h4-6,8-9,17H,7H2,1-3H3. The predicted octanol–water partition coefficient (Wildman–Crippen LogP) is 4.67. The quantitative estimate of drug-likeness (QED) is 0.878. The van der Waals surface area contributed by atoms with Gasteiger partial charge in [0.25, 0.3) is 0 Å². The van der Waals surface area contributed by atoms with Crippen LogP contribution in [-0.2, 0) is 12.1 Å². The van der Waals surface area contributed by atoms with Crippen LogP contribution in [0.5, 0.6) is 0 Å². The van der Waals surface area contributed by atoms with Crippen molar-refractivity contribution in [3.05, 3.63) is 45.7 Å². The fourth-order valence-corrected chi connectivity index (χ4v) is 2.47. The normalized spacial score (nSPS) is 11.6. The van der Waals surface area contributed by atoms with Crippen molar-refractivity contribution >= 4 is 33.2 Å². The van der Waals surface area contributed by atoms with Gasteiger partial charge in [0.15, 0.2) is 0 Å². The molecule has 5 heteroatoms. The highest BCUT2D eigenvalue weighted by atomic mass is 79.9. The highest BCUT2D eigenvalue weighted by Gasteiger charge is 2.13. The number of benzene rings is 1. The Morgan fingerprint density at radius 3 is 2.68 bits per heavy atom. The van der Waals surface area contributed by atoms with Crippen LogP contribution in [0.25, 0.3) is 0 Å². The van der Waals surface area contributed by atoms with Crippen molar-refractivity contribution < 1.29 is 0 Å². The van der Waals surface area contributed by atoms with E-state index >= 15 is 0 Å². The van der Waals surface area contributed by atoms with Gasteiger partial charge in [0.1, 0.15) is 0 Å². The maximum absolute atomic E-state index is 5.92. The third kappa shape index (κ3) is 3.74. The number of halogens is 2. The van der Waals surface area contributed by atoms with Gasteiger partial charge in [-0.25, -0.2) is 0 Å². The van der Waals surface area contributed by atoms with Crippen LogP contribution < -0.4 is 5.32 Å². The number of rotatable bonds is 3. The molecular formula is C14H17BrClN3. The largest absolute Gasteiger partial charge is 0.380 e. The van der Waals surface area contributed by atoms with E-state index in [1.54, 1.807) is 0 Å². The van der Waals surface area contributed by atoms with Crippen molar-refractivity contribution in [1.82, 2.24) is 9.78 Å². The van der Waals surface area contributed by atoms with Gasteiger partial charge >= 0.3 is 0 Å². The maximum atomic E-state index is 5.92. The molecule has 1 heterocycles. The first-order valence-corrected chi connectivity index (χ1v) is 7.26. The van der Waals surface area contributed by atoms with E-state index in [2.05, 4.69) is 53.3 Å². The number of aromatic nitrogens is 2. The van der Waals surface area contributed by atoms with Crippen LogP contribution in [0.4, 0.5) is 5.69 Å². The minimum absolute atomic E-state index is 0.0130. The number of nitrogens with zero attached hydrogens (tertiary/aromatic N) is 2. The Balaban J connectivity index is 2.04. The van der Waals surface area contributed by atoms with Crippen LogP contribution in [0.3, 0.4) is 0 Å². The molecule has 0 aliphatic carbocycles. The highest BCUT2D eigenvalue weighted by molar-refractivity contribution is 9.10. The number of hydrogen-bond donors (Lipinski definition) is 1. The van der Waals surface area contributed by atoms with Gasteiger partial charge in [-0.1, -0.05) is 11.6 Å². The summed E-state index contributed by atoms with van der Waals surface area (Å²) in [6.45, 7) is 7.13. The lowest BCUT2D eigenvalue weighted by Crippen LogP contribution is -2.21. The number of nitrogens with one attached hydrogen (secondary N) is 1. The molecule has 0 spiro atoms. The molecule has 0 saturated heterocycles. The Morgan fingerprint density at radius 2 is 2.11 bits per heavy atom. The summed E-state index contributed by atoms with van der Waals surface area (Å²) in [5.74, 6) is 0. The van der Waals surface area contributed by atoms with Gasteiger partial charge < -0.3 is 5.32 Å². The zero-order valence-corrected chi connectivity index (χ0v) is 13.6. The maximum Gasteiger partial charge on any atom is 0.0543 e. The topological polar surface area (TPSA) is 29.9 Å². The Bertz CT molecular complexity index is 572. The second kappa shape index (κ2) is 5.55. The first-order chi connectivity index (χ1) is 8.86. The van der Waals surface area contributed by atoms with Gasteiger partial charge in [0.05, 0.1) is 11.7 Å². The number of hydrogen-bond acceptors (Lipinski definition) is 2. The molecule has 0 saturated carbocycles. The fourth-order valence-electron chi connectivity index (χ4n) is 1.65. The summed E-state index contributed by atoms with van der Waals surface area (Å²) in [6, 6.07) is 5.70. The molecule has 2 rings (SSSR count). The first kappa shape index (κ1) is 14.4. The van der Waals surface area contributed by atoms with Crippen LogP contribution in [0.1, 0.15) is 26.3 Å². The molecule has 0 aliphatic rings. The molecule has 0 bridgehead atoms. The van der Waals surface area contributed by atoms with E-state index in [0.717, 1.165) is 27.3 Å². The smallest absolute Gasteiger partial charge is 0.0543 e. The number of anilines is 1. The molecule has 102 valence electrons. The van der Waals surface area contributed by atoms with Gasteiger partial charge in [0, 0.05) is 33.5 Å². The van der Waals surface area contributed by atoms with Crippen molar-refractivity contribution in [3.8, 4) is 0 Å². The van der Waals surface area contributed by atoms with Gasteiger partial charge in [-0.2, -0.15) is 5.10 Å². The lowest BCUT2D eigenvalue weighted by molar-refractivity contribution is 0.355. The zero-order chi connectivity index (χ0) is 14.0. The average molecular weight is 343 g/mol. The molecule has 19 heavy (non-hydrogen) atoms. The molecule has 0 unspecified atom stereocenters. The van der Waals surface area contributed by atoms with E-state index in [0.29, 0.717) is 0 Å². The van der Waals surface area contributed by atoms with Gasteiger partial charge in [-0.3, -0.25) is 4.68 Å². The minimum Gasteiger partial charge on any atom is -0.380 e. The Hall–Kier alpha value is -1.00. The van der Waals surface area contributed by atoms with E-state index < -0.39 is 0 Å². The Labute approximate surface area is 127 Å². The van der Waals surface area contributed by atoms with Gasteiger partial charge in [-0.15, -0.1) is 0 Å². The fraction of sp³-hybridized carbons (Fsp3) is 0.357. The second-order valence-electron chi connectivity index (χ2n) is 5.44. The van der Waals surface area contributed by atoms with E-state index in [9.17, 15) is 0 Å². The minimum atomic E-state index is 0.0130. The molecule has 0 radical (unpaired) electrons. The van der Waals surface area contributed by atoms with Crippen molar-refractivity contribution in [2.45, 2.75) is 32.9 Å². The van der Waals surface area contributed by atoms with E-state index in [4.69, 9.17) is 11.6 Å². The van der Waals surface area contributed by atoms with Crippen molar-refractivity contribution in [2.75, 3.05) is 5.32 Å². The molecular weight excluding hydrogens is 326 g/mol. The molecule has 1 aromatic carbocycles. The Kier molecular flexibility index (Phi) is 4.21. The third-order valence-electron chi connectivity index (χ3n) is 2.74. The van der Waals surface area contributed by atoms with Crippen molar-refractivity contribution in [3.63, 3.8) is 0 Å². The molecule has 0 atom stereocenters. The molecule has 0 fully saturated rings. The van der Waals surface area contributed by atoms with Crippen LogP contribution in [-0.4, -0.2) is 9.78 Å². The molecule has 2 aromatic rings. The van der Waals surface area contributed by atoms with Gasteiger partial charge in [-0.05, 0) is 54.9 Å². The molecule has 1 aromatic heterocycles. The van der Waals surface area contributed by atoms with Crippen LogP contribution in [0.15, 0.2) is 35.1 Å². The van der Waals surface area contributed by atoms with Crippen LogP contribution >= 0.6 is 27.5 Å². The summed E-state index contributed by atoms with van der Waals surface area (Å²) in [4.78, 5) is 0. The summed E-state index contributed by atoms with van der Waals surface area (Å²) in [7, 11) is 0. The molecule has 1 N–H and O–H groups in total.